The highest BCUT2D eigenvalue weighted by atomic mass is 16.1. The predicted molar refractivity (Wildman–Crippen MR) is 111 cm³/mol. The van der Waals surface area contributed by atoms with E-state index in [0.717, 1.165) is 24.3 Å². The molecule has 1 spiro atoms. The Morgan fingerprint density at radius 3 is 2.75 bits per heavy atom. The second kappa shape index (κ2) is 6.04. The Balaban J connectivity index is 1.61. The molecule has 2 aliphatic heterocycles. The normalized spacial score (nSPS) is 33.6. The highest BCUT2D eigenvalue weighted by molar-refractivity contribution is 6.20. The van der Waals surface area contributed by atoms with Crippen molar-refractivity contribution in [2.24, 2.45) is 10.9 Å². The van der Waals surface area contributed by atoms with Crippen molar-refractivity contribution in [1.82, 2.24) is 4.90 Å². The van der Waals surface area contributed by atoms with Crippen LogP contribution in [0.25, 0.3) is 0 Å². The SMILES string of the molecule is O=C1C=CC2=N[C@@]34CCCC[C@H]3[C@@H](c3ccccc3)C3=C(CCCC3)N4C2=C1. The molecule has 3 nitrogen and oxygen atoms in total. The minimum Gasteiger partial charge on any atom is -0.318 e. The van der Waals surface area contributed by atoms with Crippen LogP contribution in [0.3, 0.4) is 0 Å². The summed E-state index contributed by atoms with van der Waals surface area (Å²) in [5, 5.41) is 0. The Morgan fingerprint density at radius 2 is 1.86 bits per heavy atom. The molecular weight excluding hydrogens is 344 g/mol. The molecule has 1 saturated carbocycles. The van der Waals surface area contributed by atoms with E-state index < -0.39 is 0 Å². The van der Waals surface area contributed by atoms with Crippen molar-refractivity contribution in [3.05, 3.63) is 71.1 Å². The average Bonchev–Trinajstić information content (AvgIpc) is 3.06. The van der Waals surface area contributed by atoms with Crippen LogP contribution in [0.4, 0.5) is 0 Å². The molecule has 0 unspecified atom stereocenters. The van der Waals surface area contributed by atoms with Crippen molar-refractivity contribution in [3.8, 4) is 0 Å². The van der Waals surface area contributed by atoms with Crippen LogP contribution >= 0.6 is 0 Å². The van der Waals surface area contributed by atoms with Crippen LogP contribution in [0.2, 0.25) is 0 Å². The lowest BCUT2D eigenvalue weighted by Gasteiger charge is -2.56. The highest BCUT2D eigenvalue weighted by Gasteiger charge is 2.58. The van der Waals surface area contributed by atoms with Crippen LogP contribution < -0.4 is 0 Å². The molecular formula is C25H26N2O. The zero-order valence-corrected chi connectivity index (χ0v) is 16.2. The number of benzene rings is 1. The number of carbonyl (C=O) groups excluding carboxylic acids is 1. The monoisotopic (exact) mass is 370 g/mol. The molecule has 0 saturated heterocycles. The van der Waals surface area contributed by atoms with Gasteiger partial charge in [-0.2, -0.15) is 0 Å². The highest BCUT2D eigenvalue weighted by Crippen LogP contribution is 2.60. The number of carbonyl (C=O) groups is 1. The summed E-state index contributed by atoms with van der Waals surface area (Å²) in [6.07, 6.45) is 15.1. The van der Waals surface area contributed by atoms with Gasteiger partial charge in [0.05, 0.1) is 11.4 Å². The van der Waals surface area contributed by atoms with Crippen LogP contribution in [0.15, 0.2) is 70.5 Å². The average molecular weight is 370 g/mol. The van der Waals surface area contributed by atoms with E-state index in [9.17, 15) is 4.79 Å². The van der Waals surface area contributed by atoms with Gasteiger partial charge in [0, 0.05) is 23.6 Å². The third kappa shape index (κ3) is 2.16. The maximum atomic E-state index is 12.2. The van der Waals surface area contributed by atoms with Gasteiger partial charge in [-0.25, -0.2) is 0 Å². The maximum Gasteiger partial charge on any atom is 0.180 e. The number of rotatable bonds is 1. The van der Waals surface area contributed by atoms with Gasteiger partial charge in [0.2, 0.25) is 0 Å². The number of fused-ring (bicyclic) bond motifs is 3. The molecule has 0 amide bonds. The van der Waals surface area contributed by atoms with E-state index in [0.29, 0.717) is 11.8 Å². The van der Waals surface area contributed by atoms with E-state index >= 15 is 0 Å². The van der Waals surface area contributed by atoms with Crippen molar-refractivity contribution in [2.45, 2.75) is 62.9 Å². The summed E-state index contributed by atoms with van der Waals surface area (Å²) >= 11 is 0. The Hall–Kier alpha value is -2.42. The van der Waals surface area contributed by atoms with Crippen molar-refractivity contribution in [3.63, 3.8) is 0 Å². The van der Waals surface area contributed by atoms with Crippen LogP contribution in [-0.4, -0.2) is 22.1 Å². The van der Waals surface area contributed by atoms with Gasteiger partial charge < -0.3 is 4.90 Å². The van der Waals surface area contributed by atoms with Gasteiger partial charge in [0.1, 0.15) is 5.66 Å². The van der Waals surface area contributed by atoms with Crippen molar-refractivity contribution in [2.75, 3.05) is 0 Å². The molecule has 0 bridgehead atoms. The van der Waals surface area contributed by atoms with Gasteiger partial charge >= 0.3 is 0 Å². The first-order chi connectivity index (χ1) is 13.8. The number of nitrogens with zero attached hydrogens (tertiary/aromatic N) is 2. The third-order valence-corrected chi connectivity index (χ3v) is 7.48. The predicted octanol–water partition coefficient (Wildman–Crippen LogP) is 5.28. The molecule has 1 fully saturated rings. The summed E-state index contributed by atoms with van der Waals surface area (Å²) < 4.78 is 0. The molecule has 5 aliphatic rings. The van der Waals surface area contributed by atoms with Gasteiger partial charge in [0.15, 0.2) is 5.78 Å². The lowest BCUT2D eigenvalue weighted by atomic mass is 9.62. The summed E-state index contributed by atoms with van der Waals surface area (Å²) in [6, 6.07) is 11.1. The van der Waals surface area contributed by atoms with E-state index in [1.807, 2.05) is 12.2 Å². The smallest absolute Gasteiger partial charge is 0.180 e. The molecule has 3 atom stereocenters. The minimum absolute atomic E-state index is 0.0986. The lowest BCUT2D eigenvalue weighted by molar-refractivity contribution is -0.110. The van der Waals surface area contributed by atoms with Crippen molar-refractivity contribution < 1.29 is 4.79 Å². The first kappa shape index (κ1) is 16.5. The van der Waals surface area contributed by atoms with Gasteiger partial charge in [-0.3, -0.25) is 9.79 Å². The quantitative estimate of drug-likeness (QED) is 0.630. The van der Waals surface area contributed by atoms with Crippen LogP contribution in [0.1, 0.15) is 62.8 Å². The molecule has 0 N–H and O–H groups in total. The topological polar surface area (TPSA) is 32.7 Å². The summed E-state index contributed by atoms with van der Waals surface area (Å²) in [7, 11) is 0. The van der Waals surface area contributed by atoms with Crippen LogP contribution in [0.5, 0.6) is 0 Å². The molecule has 3 heteroatoms. The zero-order valence-electron chi connectivity index (χ0n) is 16.2. The fraction of sp³-hybridized carbons (Fsp3) is 0.440. The number of hydrogen-bond donors (Lipinski definition) is 0. The van der Waals surface area contributed by atoms with Gasteiger partial charge in [-0.1, -0.05) is 36.8 Å². The Bertz CT molecular complexity index is 968. The summed E-state index contributed by atoms with van der Waals surface area (Å²) in [5.74, 6) is 1.06. The molecule has 1 aromatic carbocycles. The molecule has 6 rings (SSSR count). The summed E-state index contributed by atoms with van der Waals surface area (Å²) in [5.41, 5.74) is 6.47. The number of allylic oxidation sites excluding steroid dienone is 5. The van der Waals surface area contributed by atoms with E-state index in [1.54, 1.807) is 11.6 Å². The Morgan fingerprint density at radius 1 is 1.00 bits per heavy atom. The van der Waals surface area contributed by atoms with Gasteiger partial charge in [0.25, 0.3) is 0 Å². The second-order valence-corrected chi connectivity index (χ2v) is 8.90. The second-order valence-electron chi connectivity index (χ2n) is 8.90. The molecule has 0 radical (unpaired) electrons. The third-order valence-electron chi connectivity index (χ3n) is 7.48. The first-order valence-corrected chi connectivity index (χ1v) is 10.9. The largest absolute Gasteiger partial charge is 0.318 e. The van der Waals surface area contributed by atoms with Crippen molar-refractivity contribution in [1.29, 1.82) is 0 Å². The van der Waals surface area contributed by atoms with Crippen LogP contribution in [-0.2, 0) is 4.79 Å². The fourth-order valence-corrected chi connectivity index (χ4v) is 6.48. The number of ketones is 1. The van der Waals surface area contributed by atoms with Gasteiger partial charge in [-0.15, -0.1) is 0 Å². The minimum atomic E-state index is -0.189. The Kier molecular flexibility index (Phi) is 3.56. The molecule has 142 valence electrons. The fourth-order valence-electron chi connectivity index (χ4n) is 6.48. The summed E-state index contributed by atoms with van der Waals surface area (Å²) in [6.45, 7) is 0. The zero-order chi connectivity index (χ0) is 18.7. The number of aliphatic imine (C=N–C) groups is 1. The van der Waals surface area contributed by atoms with E-state index in [2.05, 4.69) is 35.2 Å². The standard InChI is InChI=1S/C25H26N2O/c28-18-13-14-21-23(16-18)27-22-12-5-4-10-19(22)24(17-8-2-1-3-9-17)20-11-6-7-15-25(20,27)26-21/h1-3,8-9,13-14,16,20,24H,4-7,10-12,15H2/t20-,24-,25+/m0/s1. The number of hydrogen-bond acceptors (Lipinski definition) is 3. The van der Waals surface area contributed by atoms with E-state index in [4.69, 9.17) is 4.99 Å². The summed E-state index contributed by atoms with van der Waals surface area (Å²) in [4.78, 5) is 20.2. The first-order valence-electron chi connectivity index (χ1n) is 10.9. The van der Waals surface area contributed by atoms with Crippen molar-refractivity contribution >= 4 is 11.5 Å². The Labute approximate surface area is 166 Å². The molecule has 2 heterocycles. The van der Waals surface area contributed by atoms with E-state index in [-0.39, 0.29) is 11.4 Å². The van der Waals surface area contributed by atoms with E-state index in [1.165, 1.54) is 49.8 Å². The maximum absolute atomic E-state index is 12.2. The molecule has 0 aromatic heterocycles. The lowest BCUT2D eigenvalue weighted by Crippen LogP contribution is -2.56. The molecule has 28 heavy (non-hydrogen) atoms. The molecule has 3 aliphatic carbocycles. The van der Waals surface area contributed by atoms with Gasteiger partial charge in [-0.05, 0) is 68.2 Å². The van der Waals surface area contributed by atoms with Crippen LogP contribution in [0, 0.1) is 5.92 Å². The molecule has 1 aromatic rings.